The number of nitrogens with zero attached hydrogens (tertiary/aromatic N) is 2. The number of nitrogens with one attached hydrogen (secondary N) is 1. The number of aliphatic imine (C=N–C) groups is 1. The second-order valence-corrected chi connectivity index (χ2v) is 7.60. The lowest BCUT2D eigenvalue weighted by molar-refractivity contribution is 0.0377. The van der Waals surface area contributed by atoms with Crippen LogP contribution < -0.4 is 15.8 Å². The number of hydrogen-bond donors (Lipinski definition) is 2. The Morgan fingerprint density at radius 2 is 1.96 bits per heavy atom. The maximum absolute atomic E-state index is 5.93. The van der Waals surface area contributed by atoms with Gasteiger partial charge in [0.05, 0.1) is 19.8 Å². The number of hydrogen-bond acceptors (Lipinski definition) is 4. The lowest BCUT2D eigenvalue weighted by atomic mass is 9.86. The standard InChI is InChI=1S/C20H34N4O2.HI/c1-20(2,3)17-7-4-5-8-18(17)26-14-10-23-19(21)22-9-6-11-24-12-15-25-16-13-24;/h4-5,7-8H,6,9-16H2,1-3H3,(H3,21,22,23);1H. The molecule has 27 heavy (non-hydrogen) atoms. The van der Waals surface area contributed by atoms with Crippen molar-refractivity contribution in [1.82, 2.24) is 10.2 Å². The molecule has 0 radical (unpaired) electrons. The number of nitrogens with two attached hydrogens (primary N) is 1. The van der Waals surface area contributed by atoms with Crippen molar-refractivity contribution in [3.63, 3.8) is 0 Å². The quantitative estimate of drug-likeness (QED) is 0.254. The van der Waals surface area contributed by atoms with Crippen LogP contribution in [0.25, 0.3) is 0 Å². The summed E-state index contributed by atoms with van der Waals surface area (Å²) in [6.45, 7) is 13.3. The van der Waals surface area contributed by atoms with Crippen molar-refractivity contribution >= 4 is 29.9 Å². The Morgan fingerprint density at radius 3 is 2.67 bits per heavy atom. The molecule has 2 rings (SSSR count). The highest BCUT2D eigenvalue weighted by atomic mass is 127. The molecule has 1 aliphatic rings. The zero-order valence-electron chi connectivity index (χ0n) is 16.9. The van der Waals surface area contributed by atoms with Crippen LogP contribution in [-0.4, -0.2) is 63.4 Å². The van der Waals surface area contributed by atoms with Gasteiger partial charge in [0.1, 0.15) is 12.4 Å². The molecular weight excluding hydrogens is 455 g/mol. The molecule has 0 atom stereocenters. The molecule has 1 heterocycles. The van der Waals surface area contributed by atoms with E-state index in [1.54, 1.807) is 0 Å². The molecule has 6 nitrogen and oxygen atoms in total. The van der Waals surface area contributed by atoms with Crippen molar-refractivity contribution in [3.8, 4) is 5.75 Å². The molecule has 0 aromatic heterocycles. The predicted molar refractivity (Wildman–Crippen MR) is 122 cm³/mol. The molecule has 0 unspecified atom stereocenters. The van der Waals surface area contributed by atoms with Crippen molar-refractivity contribution in [2.75, 3.05) is 52.5 Å². The van der Waals surface area contributed by atoms with E-state index in [0.29, 0.717) is 19.1 Å². The van der Waals surface area contributed by atoms with E-state index in [-0.39, 0.29) is 29.4 Å². The number of guanidine groups is 1. The maximum atomic E-state index is 5.93. The molecule has 1 aromatic carbocycles. The minimum absolute atomic E-state index is 0. The molecule has 1 saturated heterocycles. The second kappa shape index (κ2) is 12.4. The maximum Gasteiger partial charge on any atom is 0.188 e. The normalized spacial score (nSPS) is 15.9. The van der Waals surface area contributed by atoms with Crippen LogP contribution in [0.1, 0.15) is 32.8 Å². The number of ether oxygens (including phenoxy) is 2. The molecule has 7 heteroatoms. The van der Waals surface area contributed by atoms with Gasteiger partial charge in [-0.2, -0.15) is 0 Å². The first kappa shape index (κ1) is 24.0. The Bertz CT molecular complexity index is 569. The summed E-state index contributed by atoms with van der Waals surface area (Å²) >= 11 is 0. The summed E-state index contributed by atoms with van der Waals surface area (Å²) in [7, 11) is 0. The summed E-state index contributed by atoms with van der Waals surface area (Å²) in [4.78, 5) is 6.79. The monoisotopic (exact) mass is 490 g/mol. The summed E-state index contributed by atoms with van der Waals surface area (Å²) in [6.07, 6.45) is 1.01. The van der Waals surface area contributed by atoms with Gasteiger partial charge in [-0.25, -0.2) is 0 Å². The second-order valence-electron chi connectivity index (χ2n) is 7.60. The zero-order valence-corrected chi connectivity index (χ0v) is 19.2. The highest BCUT2D eigenvalue weighted by Crippen LogP contribution is 2.30. The van der Waals surface area contributed by atoms with Gasteiger partial charge in [0.15, 0.2) is 5.96 Å². The Kier molecular flexibility index (Phi) is 11.0. The van der Waals surface area contributed by atoms with Gasteiger partial charge in [0.2, 0.25) is 0 Å². The van der Waals surface area contributed by atoms with Gasteiger partial charge in [-0.3, -0.25) is 9.89 Å². The minimum atomic E-state index is 0. The fourth-order valence-corrected chi connectivity index (χ4v) is 2.93. The van der Waals surface area contributed by atoms with Crippen molar-refractivity contribution in [2.24, 2.45) is 10.7 Å². The van der Waals surface area contributed by atoms with Gasteiger partial charge >= 0.3 is 0 Å². The Hall–Kier alpha value is -1.06. The van der Waals surface area contributed by atoms with Crippen LogP contribution >= 0.6 is 24.0 Å². The third-order valence-electron chi connectivity index (χ3n) is 4.38. The summed E-state index contributed by atoms with van der Waals surface area (Å²) < 4.78 is 11.3. The highest BCUT2D eigenvalue weighted by molar-refractivity contribution is 14.0. The lowest BCUT2D eigenvalue weighted by Crippen LogP contribution is -2.37. The largest absolute Gasteiger partial charge is 0.491 e. The highest BCUT2D eigenvalue weighted by Gasteiger charge is 2.18. The first-order valence-electron chi connectivity index (χ1n) is 9.53. The van der Waals surface area contributed by atoms with Gasteiger partial charge in [0.25, 0.3) is 0 Å². The van der Waals surface area contributed by atoms with Crippen molar-refractivity contribution in [1.29, 1.82) is 0 Å². The fourth-order valence-electron chi connectivity index (χ4n) is 2.93. The molecule has 1 aromatic rings. The summed E-state index contributed by atoms with van der Waals surface area (Å²) in [5, 5.41) is 3.12. The van der Waals surface area contributed by atoms with Crippen LogP contribution in [0.3, 0.4) is 0 Å². The topological polar surface area (TPSA) is 72.1 Å². The van der Waals surface area contributed by atoms with E-state index in [2.05, 4.69) is 42.0 Å². The van der Waals surface area contributed by atoms with E-state index in [9.17, 15) is 0 Å². The smallest absolute Gasteiger partial charge is 0.188 e. The van der Waals surface area contributed by atoms with Crippen LogP contribution in [0.4, 0.5) is 0 Å². The third kappa shape index (κ3) is 9.12. The number of para-hydroxylation sites is 1. The zero-order chi connectivity index (χ0) is 18.8. The first-order valence-corrected chi connectivity index (χ1v) is 9.53. The van der Waals surface area contributed by atoms with E-state index >= 15 is 0 Å². The van der Waals surface area contributed by atoms with E-state index in [1.807, 2.05) is 18.2 Å². The molecule has 1 fully saturated rings. The van der Waals surface area contributed by atoms with Crippen LogP contribution in [0.2, 0.25) is 0 Å². The molecule has 3 N–H and O–H groups in total. The van der Waals surface area contributed by atoms with Crippen molar-refractivity contribution in [3.05, 3.63) is 29.8 Å². The molecular formula is C20H35IN4O2. The van der Waals surface area contributed by atoms with Crippen LogP contribution in [0.15, 0.2) is 29.3 Å². The molecule has 0 saturated carbocycles. The summed E-state index contributed by atoms with van der Waals surface area (Å²) in [6, 6.07) is 8.19. The van der Waals surface area contributed by atoms with Gasteiger partial charge in [0, 0.05) is 26.2 Å². The van der Waals surface area contributed by atoms with Crippen molar-refractivity contribution < 1.29 is 9.47 Å². The van der Waals surface area contributed by atoms with E-state index < -0.39 is 0 Å². The number of morpholine rings is 1. The van der Waals surface area contributed by atoms with Gasteiger partial charge in [-0.15, -0.1) is 24.0 Å². The molecule has 0 bridgehead atoms. The van der Waals surface area contributed by atoms with Crippen molar-refractivity contribution in [2.45, 2.75) is 32.6 Å². The average Bonchev–Trinajstić information content (AvgIpc) is 2.63. The van der Waals surface area contributed by atoms with Gasteiger partial charge < -0.3 is 20.5 Å². The number of rotatable bonds is 8. The third-order valence-corrected chi connectivity index (χ3v) is 4.38. The van der Waals surface area contributed by atoms with Gasteiger partial charge in [-0.1, -0.05) is 39.0 Å². The Balaban J connectivity index is 0.00000364. The van der Waals surface area contributed by atoms with E-state index in [0.717, 1.165) is 51.6 Å². The predicted octanol–water partition coefficient (Wildman–Crippen LogP) is 2.61. The Labute approximate surface area is 180 Å². The van der Waals surface area contributed by atoms with E-state index in [1.165, 1.54) is 5.56 Å². The minimum Gasteiger partial charge on any atom is -0.491 e. The number of benzene rings is 1. The summed E-state index contributed by atoms with van der Waals surface area (Å²) in [5.41, 5.74) is 7.19. The summed E-state index contributed by atoms with van der Waals surface area (Å²) in [5.74, 6) is 1.42. The first-order chi connectivity index (χ1) is 12.5. The molecule has 154 valence electrons. The van der Waals surface area contributed by atoms with Crippen LogP contribution in [0, 0.1) is 0 Å². The SMILES string of the molecule is CC(C)(C)c1ccccc1OCCNC(N)=NCCCN1CCOCC1.I. The van der Waals surface area contributed by atoms with E-state index in [4.69, 9.17) is 15.2 Å². The molecule has 1 aliphatic heterocycles. The van der Waals surface area contributed by atoms with Crippen LogP contribution in [-0.2, 0) is 10.2 Å². The van der Waals surface area contributed by atoms with Crippen LogP contribution in [0.5, 0.6) is 5.75 Å². The molecule has 0 spiro atoms. The average molecular weight is 490 g/mol. The fraction of sp³-hybridized carbons (Fsp3) is 0.650. The molecule has 0 aliphatic carbocycles. The Morgan fingerprint density at radius 1 is 1.26 bits per heavy atom. The number of halogens is 1. The molecule has 0 amide bonds. The van der Waals surface area contributed by atoms with Gasteiger partial charge in [-0.05, 0) is 23.5 Å². The lowest BCUT2D eigenvalue weighted by Gasteiger charge is -2.26.